The Labute approximate surface area is 95.1 Å². The largest absolute Gasteiger partial charge is 0.476 e. The summed E-state index contributed by atoms with van der Waals surface area (Å²) < 4.78 is 0. The van der Waals surface area contributed by atoms with Crippen molar-refractivity contribution in [3.63, 3.8) is 0 Å². The van der Waals surface area contributed by atoms with Crippen molar-refractivity contribution >= 4 is 11.8 Å². The number of carboxylic acids is 1. The molecule has 1 aromatic rings. The second-order valence-electron chi connectivity index (χ2n) is 4.17. The van der Waals surface area contributed by atoms with Gasteiger partial charge in [-0.1, -0.05) is 13.8 Å². The molecule has 0 radical (unpaired) electrons. The van der Waals surface area contributed by atoms with E-state index in [1.54, 1.807) is 0 Å². The lowest BCUT2D eigenvalue weighted by molar-refractivity contribution is 0.0690. The molecule has 1 aromatic heterocycles. The van der Waals surface area contributed by atoms with Crippen molar-refractivity contribution in [1.29, 1.82) is 0 Å². The van der Waals surface area contributed by atoms with Crippen LogP contribution in [0.4, 0.5) is 5.82 Å². The number of anilines is 1. The lowest BCUT2D eigenvalue weighted by Crippen LogP contribution is -2.21. The van der Waals surface area contributed by atoms with E-state index < -0.39 is 5.97 Å². The Morgan fingerprint density at radius 2 is 2.12 bits per heavy atom. The highest BCUT2D eigenvalue weighted by molar-refractivity contribution is 5.84. The monoisotopic (exact) mass is 223 g/mol. The van der Waals surface area contributed by atoms with Gasteiger partial charge in [-0.25, -0.2) is 14.8 Å². The quantitative estimate of drug-likeness (QED) is 0.822. The molecule has 5 nitrogen and oxygen atoms in total. The van der Waals surface area contributed by atoms with Gasteiger partial charge < -0.3 is 10.0 Å². The molecular weight excluding hydrogens is 206 g/mol. The van der Waals surface area contributed by atoms with Gasteiger partial charge in [-0.3, -0.25) is 0 Å². The summed E-state index contributed by atoms with van der Waals surface area (Å²) >= 11 is 0. The van der Waals surface area contributed by atoms with Crippen molar-refractivity contribution in [3.05, 3.63) is 18.1 Å². The normalized spacial score (nSPS) is 10.5. The lowest BCUT2D eigenvalue weighted by Gasteiger charge is -2.18. The van der Waals surface area contributed by atoms with Gasteiger partial charge in [0.1, 0.15) is 5.82 Å². The summed E-state index contributed by atoms with van der Waals surface area (Å²) in [5, 5.41) is 8.67. The van der Waals surface area contributed by atoms with E-state index >= 15 is 0 Å². The highest BCUT2D eigenvalue weighted by Crippen LogP contribution is 2.09. The molecule has 0 spiro atoms. The zero-order valence-electron chi connectivity index (χ0n) is 9.84. The minimum Gasteiger partial charge on any atom is -0.476 e. The summed E-state index contributed by atoms with van der Waals surface area (Å²) in [6.07, 6.45) is 3.84. The number of aromatic nitrogens is 2. The van der Waals surface area contributed by atoms with E-state index in [2.05, 4.69) is 23.8 Å². The number of aromatic carboxylic acids is 1. The van der Waals surface area contributed by atoms with Gasteiger partial charge in [0.2, 0.25) is 0 Å². The zero-order chi connectivity index (χ0) is 12.1. The smallest absolute Gasteiger partial charge is 0.356 e. The Hall–Kier alpha value is -1.65. The molecule has 0 aliphatic heterocycles. The third-order valence-electron chi connectivity index (χ3n) is 2.29. The maximum absolute atomic E-state index is 10.6. The molecule has 1 heterocycles. The van der Waals surface area contributed by atoms with Gasteiger partial charge in [0.25, 0.3) is 0 Å². The van der Waals surface area contributed by atoms with Gasteiger partial charge in [-0.2, -0.15) is 0 Å². The van der Waals surface area contributed by atoms with E-state index in [9.17, 15) is 4.79 Å². The van der Waals surface area contributed by atoms with E-state index in [1.165, 1.54) is 12.4 Å². The second kappa shape index (κ2) is 5.44. The topological polar surface area (TPSA) is 66.3 Å². The van der Waals surface area contributed by atoms with Crippen LogP contribution in [0, 0.1) is 5.92 Å². The van der Waals surface area contributed by atoms with Crippen molar-refractivity contribution in [2.45, 2.75) is 20.3 Å². The molecule has 88 valence electrons. The molecule has 0 unspecified atom stereocenters. The molecular formula is C11H17N3O2. The van der Waals surface area contributed by atoms with Crippen LogP contribution in [0.1, 0.15) is 30.8 Å². The average Bonchev–Trinajstić information content (AvgIpc) is 2.26. The Bertz CT molecular complexity index is 349. The van der Waals surface area contributed by atoms with Crippen LogP contribution in [-0.2, 0) is 0 Å². The van der Waals surface area contributed by atoms with Gasteiger partial charge in [0, 0.05) is 13.6 Å². The van der Waals surface area contributed by atoms with E-state index in [0.717, 1.165) is 13.0 Å². The Morgan fingerprint density at radius 1 is 1.44 bits per heavy atom. The number of hydrogen-bond donors (Lipinski definition) is 1. The standard InChI is InChI=1S/C11H17N3O2/c1-8(2)4-5-14(3)10-7-12-9(6-13-10)11(15)16/h6-8H,4-5H2,1-3H3,(H,15,16). The number of rotatable bonds is 5. The third-order valence-corrected chi connectivity index (χ3v) is 2.29. The fourth-order valence-electron chi connectivity index (χ4n) is 1.20. The number of carbonyl (C=O) groups is 1. The minimum absolute atomic E-state index is 0.0268. The average molecular weight is 223 g/mol. The Morgan fingerprint density at radius 3 is 2.56 bits per heavy atom. The molecule has 0 aliphatic rings. The van der Waals surface area contributed by atoms with Crippen molar-refractivity contribution in [2.24, 2.45) is 5.92 Å². The molecule has 0 fully saturated rings. The SMILES string of the molecule is CC(C)CCN(C)c1cnc(C(=O)O)cn1. The second-order valence-corrected chi connectivity index (χ2v) is 4.17. The predicted molar refractivity (Wildman–Crippen MR) is 61.7 cm³/mol. The van der Waals surface area contributed by atoms with Gasteiger partial charge in [0.15, 0.2) is 5.69 Å². The van der Waals surface area contributed by atoms with E-state index in [0.29, 0.717) is 11.7 Å². The first-order valence-electron chi connectivity index (χ1n) is 5.27. The van der Waals surface area contributed by atoms with Crippen LogP contribution in [0.2, 0.25) is 0 Å². The van der Waals surface area contributed by atoms with Crippen molar-refractivity contribution < 1.29 is 9.90 Å². The maximum Gasteiger partial charge on any atom is 0.356 e. The molecule has 5 heteroatoms. The summed E-state index contributed by atoms with van der Waals surface area (Å²) in [5.74, 6) is 0.281. The van der Waals surface area contributed by atoms with Gasteiger partial charge in [-0.05, 0) is 12.3 Å². The molecule has 0 amide bonds. The van der Waals surface area contributed by atoms with Crippen LogP contribution in [0.15, 0.2) is 12.4 Å². The highest BCUT2D eigenvalue weighted by atomic mass is 16.4. The van der Waals surface area contributed by atoms with Gasteiger partial charge in [-0.15, -0.1) is 0 Å². The lowest BCUT2D eigenvalue weighted by atomic mass is 10.1. The third kappa shape index (κ3) is 3.49. The summed E-state index contributed by atoms with van der Waals surface area (Å²) in [6, 6.07) is 0. The van der Waals surface area contributed by atoms with Crippen molar-refractivity contribution in [1.82, 2.24) is 9.97 Å². The molecule has 0 aromatic carbocycles. The van der Waals surface area contributed by atoms with Crippen molar-refractivity contribution in [3.8, 4) is 0 Å². The first-order valence-corrected chi connectivity index (χ1v) is 5.27. The summed E-state index contributed by atoms with van der Waals surface area (Å²) in [5.41, 5.74) is -0.0268. The molecule has 0 saturated heterocycles. The minimum atomic E-state index is -1.05. The van der Waals surface area contributed by atoms with Crippen LogP contribution < -0.4 is 4.90 Å². The molecule has 1 N–H and O–H groups in total. The van der Waals surface area contributed by atoms with Gasteiger partial charge >= 0.3 is 5.97 Å². The molecule has 0 aliphatic carbocycles. The number of hydrogen-bond acceptors (Lipinski definition) is 4. The van der Waals surface area contributed by atoms with Crippen LogP contribution in [-0.4, -0.2) is 34.6 Å². The van der Waals surface area contributed by atoms with Crippen LogP contribution in [0.5, 0.6) is 0 Å². The number of carboxylic acid groups (broad SMARTS) is 1. The molecule has 0 saturated carbocycles. The van der Waals surface area contributed by atoms with Crippen LogP contribution in [0.25, 0.3) is 0 Å². The summed E-state index contributed by atoms with van der Waals surface area (Å²) in [4.78, 5) is 20.4. The van der Waals surface area contributed by atoms with Crippen LogP contribution >= 0.6 is 0 Å². The zero-order valence-corrected chi connectivity index (χ0v) is 9.84. The fourth-order valence-corrected chi connectivity index (χ4v) is 1.20. The summed E-state index contributed by atoms with van der Waals surface area (Å²) in [7, 11) is 1.92. The Balaban J connectivity index is 2.63. The van der Waals surface area contributed by atoms with E-state index in [1.807, 2.05) is 11.9 Å². The summed E-state index contributed by atoms with van der Waals surface area (Å²) in [6.45, 7) is 5.21. The van der Waals surface area contributed by atoms with E-state index in [-0.39, 0.29) is 5.69 Å². The van der Waals surface area contributed by atoms with Crippen LogP contribution in [0.3, 0.4) is 0 Å². The van der Waals surface area contributed by atoms with Crippen molar-refractivity contribution in [2.75, 3.05) is 18.5 Å². The molecule has 16 heavy (non-hydrogen) atoms. The highest BCUT2D eigenvalue weighted by Gasteiger charge is 2.07. The first kappa shape index (κ1) is 12.4. The Kier molecular flexibility index (Phi) is 4.22. The molecule has 0 atom stereocenters. The first-order chi connectivity index (χ1) is 7.50. The number of nitrogens with zero attached hydrogens (tertiary/aromatic N) is 3. The maximum atomic E-state index is 10.6. The predicted octanol–water partition coefficient (Wildman–Crippen LogP) is 1.66. The van der Waals surface area contributed by atoms with Gasteiger partial charge in [0.05, 0.1) is 12.4 Å². The fraction of sp³-hybridized carbons (Fsp3) is 0.545. The molecule has 0 bridgehead atoms. The van der Waals surface area contributed by atoms with E-state index in [4.69, 9.17) is 5.11 Å². The molecule has 1 rings (SSSR count).